The van der Waals surface area contributed by atoms with Gasteiger partial charge in [-0.3, -0.25) is 4.79 Å². The monoisotopic (exact) mass is 397 g/mol. The third kappa shape index (κ3) is 3.44. The van der Waals surface area contributed by atoms with Gasteiger partial charge in [-0.25, -0.2) is 18.1 Å². The van der Waals surface area contributed by atoms with Gasteiger partial charge in [0.15, 0.2) is 15.7 Å². The molecule has 3 heterocycles. The molecule has 0 bridgehead atoms. The molecule has 0 spiro atoms. The minimum atomic E-state index is -3.39. The summed E-state index contributed by atoms with van der Waals surface area (Å²) in [6.45, 7) is 0.641. The summed E-state index contributed by atoms with van der Waals surface area (Å²) in [4.78, 5) is 17.2. The van der Waals surface area contributed by atoms with Crippen molar-refractivity contribution >= 4 is 21.8 Å². The van der Waals surface area contributed by atoms with E-state index in [0.29, 0.717) is 29.3 Å². The van der Waals surface area contributed by atoms with E-state index in [4.69, 9.17) is 0 Å². The first-order valence-electron chi connectivity index (χ1n) is 8.66. The second-order valence-electron chi connectivity index (χ2n) is 6.47. The maximum Gasteiger partial charge on any atom is 0.275 e. The van der Waals surface area contributed by atoms with Crippen LogP contribution in [0.2, 0.25) is 0 Å². The number of hydrogen-bond donors (Lipinski definition) is 3. The van der Waals surface area contributed by atoms with Crippen LogP contribution in [0.5, 0.6) is 0 Å². The molecule has 4 rings (SSSR count). The number of nitrogens with zero attached hydrogens (tertiary/aromatic N) is 2. The van der Waals surface area contributed by atoms with Gasteiger partial charge in [0.25, 0.3) is 5.91 Å². The number of hydrogen-bond acceptors (Lipinski definition) is 6. The zero-order valence-electron chi connectivity index (χ0n) is 15.1. The highest BCUT2D eigenvalue weighted by Crippen LogP contribution is 2.28. The predicted octanol–water partition coefficient (Wildman–Crippen LogP) is 1.33. The number of aromatic nitrogens is 2. The number of imidazole rings is 1. The molecule has 0 saturated heterocycles. The van der Waals surface area contributed by atoms with Gasteiger partial charge in [-0.1, -0.05) is 24.3 Å². The number of sulfone groups is 1. The molecule has 9 heteroatoms. The largest absolute Gasteiger partial charge is 0.387 e. The van der Waals surface area contributed by atoms with Crippen molar-refractivity contribution in [3.8, 4) is 0 Å². The van der Waals surface area contributed by atoms with Crippen molar-refractivity contribution in [3.05, 3.63) is 77.7 Å². The van der Waals surface area contributed by atoms with Gasteiger partial charge < -0.3 is 16.1 Å². The minimum Gasteiger partial charge on any atom is -0.387 e. The normalized spacial score (nSPS) is 17.9. The van der Waals surface area contributed by atoms with Gasteiger partial charge in [0.1, 0.15) is 5.69 Å². The van der Waals surface area contributed by atoms with E-state index in [2.05, 4.69) is 21.0 Å². The Hall–Kier alpha value is -3.33. The van der Waals surface area contributed by atoms with Crippen molar-refractivity contribution in [2.75, 3.05) is 18.2 Å². The van der Waals surface area contributed by atoms with Crippen LogP contribution in [0.15, 0.2) is 65.5 Å². The first-order valence-corrected chi connectivity index (χ1v) is 10.6. The number of benzene rings is 1. The smallest absolute Gasteiger partial charge is 0.275 e. The Morgan fingerprint density at radius 1 is 1.29 bits per heavy atom. The maximum atomic E-state index is 12.7. The van der Waals surface area contributed by atoms with Gasteiger partial charge >= 0.3 is 0 Å². The Kier molecular flexibility index (Phi) is 4.52. The molecule has 3 N–H and O–H groups in total. The van der Waals surface area contributed by atoms with Crippen LogP contribution in [-0.2, 0) is 9.84 Å². The van der Waals surface area contributed by atoms with Crippen molar-refractivity contribution in [2.24, 2.45) is 0 Å². The van der Waals surface area contributed by atoms with Crippen LogP contribution < -0.4 is 16.1 Å². The molecule has 2 aromatic rings. The first-order chi connectivity index (χ1) is 13.4. The predicted molar refractivity (Wildman–Crippen MR) is 106 cm³/mol. The summed E-state index contributed by atoms with van der Waals surface area (Å²) in [6.07, 6.45) is 11.7. The van der Waals surface area contributed by atoms with Gasteiger partial charge in [-0.15, -0.1) is 0 Å². The molecule has 2 aliphatic heterocycles. The third-order valence-electron chi connectivity index (χ3n) is 4.46. The van der Waals surface area contributed by atoms with Crippen LogP contribution in [0.1, 0.15) is 27.9 Å². The second kappa shape index (κ2) is 7.01. The molecule has 8 nitrogen and oxygen atoms in total. The summed E-state index contributed by atoms with van der Waals surface area (Å²) in [5.41, 5.74) is 4.82. The Morgan fingerprint density at radius 2 is 2.11 bits per heavy atom. The summed E-state index contributed by atoms with van der Waals surface area (Å²) in [5, 5.41) is 5.85. The molecule has 144 valence electrons. The van der Waals surface area contributed by atoms with Gasteiger partial charge in [0, 0.05) is 18.5 Å². The Bertz CT molecular complexity index is 1130. The molecule has 28 heavy (non-hydrogen) atoms. The average molecular weight is 397 g/mol. The molecule has 1 aromatic heterocycles. The molecule has 1 atom stereocenters. The topological polar surface area (TPSA) is 105 Å². The van der Waals surface area contributed by atoms with Gasteiger partial charge in [-0.05, 0) is 36.1 Å². The Labute approximate surface area is 162 Å². The van der Waals surface area contributed by atoms with Crippen LogP contribution >= 0.6 is 0 Å². The molecule has 0 aliphatic carbocycles. The standard InChI is InChI=1S/C19H19N5O3S/c1-28(26,27)17-5-3-2-4-14(17)15-6-7-18-21-12-16(24(18)23-15)19(25)22-13-8-10-20-11-9-13/h2-10,12,15,20,23H,11H2,1H3,(H,22,25). The molecule has 2 aliphatic rings. The van der Waals surface area contributed by atoms with Gasteiger partial charge in [-0.2, -0.15) is 0 Å². The number of amides is 1. The molecule has 0 fully saturated rings. The number of allylic oxidation sites excluding steroid dienone is 1. The molecule has 1 unspecified atom stereocenters. The van der Waals surface area contributed by atoms with E-state index in [9.17, 15) is 13.2 Å². The fourth-order valence-corrected chi connectivity index (χ4v) is 4.08. The summed E-state index contributed by atoms with van der Waals surface area (Å²) in [6, 6.07) is 6.38. The lowest BCUT2D eigenvalue weighted by atomic mass is 10.1. The number of dihydropyridines is 1. The van der Waals surface area contributed by atoms with Crippen LogP contribution in [0.3, 0.4) is 0 Å². The third-order valence-corrected chi connectivity index (χ3v) is 5.63. The van der Waals surface area contributed by atoms with E-state index in [-0.39, 0.29) is 10.8 Å². The van der Waals surface area contributed by atoms with Crippen LogP contribution in [-0.4, -0.2) is 36.8 Å². The highest BCUT2D eigenvalue weighted by atomic mass is 32.2. The van der Waals surface area contributed by atoms with Crippen LogP contribution in [0.4, 0.5) is 0 Å². The fourth-order valence-electron chi connectivity index (χ4n) is 3.13. The Morgan fingerprint density at radius 3 is 2.86 bits per heavy atom. The van der Waals surface area contributed by atoms with Crippen molar-refractivity contribution in [3.63, 3.8) is 0 Å². The lowest BCUT2D eigenvalue weighted by Gasteiger charge is -2.25. The van der Waals surface area contributed by atoms with Crippen molar-refractivity contribution in [2.45, 2.75) is 10.9 Å². The number of carbonyl (C=O) groups excluding carboxylic acids is 1. The quantitative estimate of drug-likeness (QED) is 0.719. The highest BCUT2D eigenvalue weighted by molar-refractivity contribution is 7.90. The molecule has 0 radical (unpaired) electrons. The Balaban J connectivity index is 1.63. The van der Waals surface area contributed by atoms with E-state index < -0.39 is 15.9 Å². The summed E-state index contributed by atoms with van der Waals surface area (Å²) in [5.74, 6) is 0.252. The minimum absolute atomic E-state index is 0.247. The highest BCUT2D eigenvalue weighted by Gasteiger charge is 2.25. The maximum absolute atomic E-state index is 12.7. The first kappa shape index (κ1) is 18.1. The van der Waals surface area contributed by atoms with E-state index in [0.717, 1.165) is 0 Å². The van der Waals surface area contributed by atoms with E-state index in [1.54, 1.807) is 47.3 Å². The van der Waals surface area contributed by atoms with Crippen LogP contribution in [0, 0.1) is 0 Å². The molecular formula is C19H19N5O3S. The summed E-state index contributed by atoms with van der Waals surface area (Å²) in [7, 11) is -3.39. The zero-order valence-corrected chi connectivity index (χ0v) is 15.9. The molecule has 0 saturated carbocycles. The molecular weight excluding hydrogens is 378 g/mol. The fraction of sp³-hybridized carbons (Fsp3) is 0.158. The molecule has 1 aromatic carbocycles. The zero-order chi connectivity index (χ0) is 19.7. The van der Waals surface area contributed by atoms with Crippen molar-refractivity contribution in [1.82, 2.24) is 20.3 Å². The second-order valence-corrected chi connectivity index (χ2v) is 8.45. The summed E-state index contributed by atoms with van der Waals surface area (Å²) < 4.78 is 25.8. The van der Waals surface area contributed by atoms with Crippen LogP contribution in [0.25, 0.3) is 6.08 Å². The van der Waals surface area contributed by atoms with E-state index in [1.807, 2.05) is 12.2 Å². The SMILES string of the molecule is CS(=O)(=O)c1ccccc1C1C=Cc2ncc(C(=O)NC3=CCNC=C3)n2N1. The van der Waals surface area contributed by atoms with E-state index >= 15 is 0 Å². The number of rotatable bonds is 4. The lowest BCUT2D eigenvalue weighted by molar-refractivity contribution is 0.0959. The number of carbonyl (C=O) groups is 1. The lowest BCUT2D eigenvalue weighted by Crippen LogP contribution is -2.32. The van der Waals surface area contributed by atoms with E-state index in [1.165, 1.54) is 12.5 Å². The average Bonchev–Trinajstić information content (AvgIpc) is 3.11. The van der Waals surface area contributed by atoms with Gasteiger partial charge in [0.2, 0.25) is 0 Å². The number of nitrogens with one attached hydrogen (secondary N) is 3. The van der Waals surface area contributed by atoms with Gasteiger partial charge in [0.05, 0.1) is 17.1 Å². The summed E-state index contributed by atoms with van der Waals surface area (Å²) >= 11 is 0. The number of fused-ring (bicyclic) bond motifs is 1. The molecule has 1 amide bonds. The van der Waals surface area contributed by atoms with Crippen molar-refractivity contribution in [1.29, 1.82) is 0 Å². The van der Waals surface area contributed by atoms with Crippen molar-refractivity contribution < 1.29 is 13.2 Å².